The molecule has 1 unspecified atom stereocenters. The zero-order valence-electron chi connectivity index (χ0n) is 11.6. The topological polar surface area (TPSA) is 67.4 Å². The van der Waals surface area contributed by atoms with Gasteiger partial charge in [-0.15, -0.1) is 0 Å². The van der Waals surface area contributed by atoms with Crippen molar-refractivity contribution in [1.29, 1.82) is 0 Å². The Morgan fingerprint density at radius 2 is 2.32 bits per heavy atom. The minimum atomic E-state index is -0.190. The van der Waals surface area contributed by atoms with Crippen LogP contribution in [0.3, 0.4) is 0 Å². The molecule has 0 radical (unpaired) electrons. The highest BCUT2D eigenvalue weighted by Crippen LogP contribution is 2.20. The average Bonchev–Trinajstić information content (AvgIpc) is 2.40. The predicted molar refractivity (Wildman–Crippen MR) is 72.4 cm³/mol. The van der Waals surface area contributed by atoms with Gasteiger partial charge in [0.05, 0.1) is 7.11 Å². The van der Waals surface area contributed by atoms with Crippen molar-refractivity contribution in [2.24, 2.45) is 0 Å². The van der Waals surface area contributed by atoms with E-state index in [1.54, 1.807) is 13.2 Å². The van der Waals surface area contributed by atoms with Crippen molar-refractivity contribution in [2.45, 2.75) is 32.7 Å². The van der Waals surface area contributed by atoms with Gasteiger partial charge in [0.15, 0.2) is 0 Å². The molecule has 1 N–H and O–H groups in total. The third kappa shape index (κ3) is 2.94. The summed E-state index contributed by atoms with van der Waals surface area (Å²) in [6.07, 6.45) is 1.74. The first-order valence-electron chi connectivity index (χ1n) is 6.59. The number of nitrogens with zero attached hydrogens (tertiary/aromatic N) is 3. The first-order valence-corrected chi connectivity index (χ1v) is 6.59. The molecule has 1 aromatic heterocycles. The largest absolute Gasteiger partial charge is 0.481 e. The van der Waals surface area contributed by atoms with Gasteiger partial charge in [-0.3, -0.25) is 4.79 Å². The van der Waals surface area contributed by atoms with E-state index in [1.807, 2.05) is 11.8 Å². The van der Waals surface area contributed by atoms with E-state index in [0.717, 1.165) is 25.1 Å². The molecule has 0 bridgehead atoms. The highest BCUT2D eigenvalue weighted by atomic mass is 16.5. The number of anilines is 1. The molecule has 1 atom stereocenters. The molecule has 1 fully saturated rings. The van der Waals surface area contributed by atoms with E-state index in [2.05, 4.69) is 22.2 Å². The first kappa shape index (κ1) is 13.6. The molecule has 2 rings (SSSR count). The summed E-state index contributed by atoms with van der Waals surface area (Å²) < 4.78 is 5.17. The predicted octanol–water partition coefficient (Wildman–Crippen LogP) is 0.899. The Bertz CT molecular complexity index is 464. The Morgan fingerprint density at radius 3 is 3.00 bits per heavy atom. The highest BCUT2D eigenvalue weighted by Gasteiger charge is 2.30. The number of hydrogen-bond donors (Lipinski definition) is 1. The van der Waals surface area contributed by atoms with Gasteiger partial charge in [0.25, 0.3) is 0 Å². The van der Waals surface area contributed by atoms with Gasteiger partial charge >= 0.3 is 0 Å². The number of piperazine rings is 1. The number of ether oxygens (including phenoxy) is 1. The lowest BCUT2D eigenvalue weighted by atomic mass is 10.1. The number of nitrogens with one attached hydrogen (secondary N) is 1. The summed E-state index contributed by atoms with van der Waals surface area (Å²) in [5.74, 6) is 1.16. The van der Waals surface area contributed by atoms with Crippen molar-refractivity contribution in [3.05, 3.63) is 11.8 Å². The monoisotopic (exact) mass is 264 g/mol. The van der Waals surface area contributed by atoms with Crippen LogP contribution in [0.2, 0.25) is 0 Å². The smallest absolute Gasteiger partial charge is 0.242 e. The Kier molecular flexibility index (Phi) is 4.19. The van der Waals surface area contributed by atoms with Crippen LogP contribution in [0.5, 0.6) is 5.88 Å². The Hall–Kier alpha value is -1.85. The molecular weight excluding hydrogens is 244 g/mol. The maximum absolute atomic E-state index is 12.0. The van der Waals surface area contributed by atoms with Gasteiger partial charge in [0, 0.05) is 24.8 Å². The van der Waals surface area contributed by atoms with Gasteiger partial charge < -0.3 is 15.0 Å². The van der Waals surface area contributed by atoms with E-state index in [9.17, 15) is 4.79 Å². The zero-order valence-corrected chi connectivity index (χ0v) is 11.6. The molecule has 104 valence electrons. The summed E-state index contributed by atoms with van der Waals surface area (Å²) in [6, 6.07) is 1.59. The van der Waals surface area contributed by atoms with Crippen molar-refractivity contribution in [3.8, 4) is 5.88 Å². The number of amides is 1. The Labute approximate surface area is 113 Å². The fraction of sp³-hybridized carbons (Fsp3) is 0.615. The minimum Gasteiger partial charge on any atom is -0.481 e. The zero-order chi connectivity index (χ0) is 13.8. The highest BCUT2D eigenvalue weighted by molar-refractivity contribution is 5.85. The third-order valence-electron chi connectivity index (χ3n) is 3.18. The SMILES string of the molecule is CCCC1C(=O)NCCN1c1nc(C)cc(OC)n1. The van der Waals surface area contributed by atoms with Crippen LogP contribution in [0, 0.1) is 6.92 Å². The van der Waals surface area contributed by atoms with Gasteiger partial charge in [-0.05, 0) is 13.3 Å². The fourth-order valence-corrected chi connectivity index (χ4v) is 2.27. The van der Waals surface area contributed by atoms with Crippen LogP contribution in [-0.2, 0) is 4.79 Å². The summed E-state index contributed by atoms with van der Waals surface area (Å²) in [5, 5.41) is 2.89. The minimum absolute atomic E-state index is 0.0529. The summed E-state index contributed by atoms with van der Waals surface area (Å²) in [6.45, 7) is 5.31. The number of aromatic nitrogens is 2. The lowest BCUT2D eigenvalue weighted by molar-refractivity contribution is -0.123. The van der Waals surface area contributed by atoms with Crippen LogP contribution < -0.4 is 15.0 Å². The summed E-state index contributed by atoms with van der Waals surface area (Å²) in [7, 11) is 1.58. The second kappa shape index (κ2) is 5.86. The number of rotatable bonds is 4. The van der Waals surface area contributed by atoms with Gasteiger partial charge in [-0.1, -0.05) is 13.3 Å². The lowest BCUT2D eigenvalue weighted by Crippen LogP contribution is -2.55. The molecule has 0 aromatic carbocycles. The van der Waals surface area contributed by atoms with Crippen LogP contribution >= 0.6 is 0 Å². The normalized spacial score (nSPS) is 19.2. The fourth-order valence-electron chi connectivity index (χ4n) is 2.27. The van der Waals surface area contributed by atoms with Crippen molar-refractivity contribution >= 4 is 11.9 Å². The van der Waals surface area contributed by atoms with Gasteiger partial charge in [0.1, 0.15) is 6.04 Å². The van der Waals surface area contributed by atoms with Crippen molar-refractivity contribution in [2.75, 3.05) is 25.1 Å². The molecule has 0 spiro atoms. The van der Waals surface area contributed by atoms with E-state index >= 15 is 0 Å². The lowest BCUT2D eigenvalue weighted by Gasteiger charge is -2.35. The second-order valence-electron chi connectivity index (χ2n) is 4.64. The molecule has 0 aliphatic carbocycles. The molecule has 6 heteroatoms. The van der Waals surface area contributed by atoms with Crippen molar-refractivity contribution < 1.29 is 9.53 Å². The molecule has 19 heavy (non-hydrogen) atoms. The maximum Gasteiger partial charge on any atom is 0.242 e. The van der Waals surface area contributed by atoms with Crippen LogP contribution in [0.1, 0.15) is 25.5 Å². The van der Waals surface area contributed by atoms with Crippen LogP contribution in [0.4, 0.5) is 5.95 Å². The van der Waals surface area contributed by atoms with Crippen LogP contribution in [0.15, 0.2) is 6.07 Å². The summed E-state index contributed by atoms with van der Waals surface area (Å²) in [4.78, 5) is 22.7. The number of methoxy groups -OCH3 is 1. The van der Waals surface area contributed by atoms with Crippen molar-refractivity contribution in [1.82, 2.24) is 15.3 Å². The van der Waals surface area contributed by atoms with E-state index in [4.69, 9.17) is 4.74 Å². The summed E-state index contributed by atoms with van der Waals surface area (Å²) >= 11 is 0. The van der Waals surface area contributed by atoms with E-state index in [0.29, 0.717) is 18.4 Å². The van der Waals surface area contributed by atoms with Crippen LogP contribution in [0.25, 0.3) is 0 Å². The Morgan fingerprint density at radius 1 is 1.53 bits per heavy atom. The van der Waals surface area contributed by atoms with Gasteiger partial charge in [-0.2, -0.15) is 4.98 Å². The molecule has 1 aliphatic rings. The van der Waals surface area contributed by atoms with Gasteiger partial charge in [-0.25, -0.2) is 4.98 Å². The second-order valence-corrected chi connectivity index (χ2v) is 4.64. The van der Waals surface area contributed by atoms with Gasteiger partial charge in [0.2, 0.25) is 17.7 Å². The third-order valence-corrected chi connectivity index (χ3v) is 3.18. The molecule has 6 nitrogen and oxygen atoms in total. The number of carbonyl (C=O) groups excluding carboxylic acids is 1. The van der Waals surface area contributed by atoms with Crippen LogP contribution in [-0.4, -0.2) is 42.1 Å². The maximum atomic E-state index is 12.0. The molecule has 1 aromatic rings. The molecule has 1 saturated heterocycles. The van der Waals surface area contributed by atoms with E-state index in [-0.39, 0.29) is 11.9 Å². The number of hydrogen-bond acceptors (Lipinski definition) is 5. The van der Waals surface area contributed by atoms with E-state index in [1.165, 1.54) is 0 Å². The quantitative estimate of drug-likeness (QED) is 0.875. The van der Waals surface area contributed by atoms with Crippen molar-refractivity contribution in [3.63, 3.8) is 0 Å². The average molecular weight is 264 g/mol. The standard InChI is InChI=1S/C13H20N4O2/c1-4-5-10-12(18)14-6-7-17(10)13-15-9(2)8-11(16-13)19-3/h8,10H,4-7H2,1-3H3,(H,14,18). The molecule has 2 heterocycles. The molecule has 0 saturated carbocycles. The summed E-state index contributed by atoms with van der Waals surface area (Å²) in [5.41, 5.74) is 0.836. The number of carbonyl (C=O) groups is 1. The molecule has 1 amide bonds. The molecule has 1 aliphatic heterocycles. The first-order chi connectivity index (χ1) is 9.15. The van der Waals surface area contributed by atoms with E-state index < -0.39 is 0 Å². The Balaban J connectivity index is 2.31. The number of aryl methyl sites for hydroxylation is 1. The molecular formula is C13H20N4O2.